The molecular weight excluding hydrogens is 384 g/mol. The molecular formula is C16H12O8S2. The molecule has 0 amide bonds. The molecule has 0 saturated carbocycles. The van der Waals surface area contributed by atoms with Gasteiger partial charge in [0, 0.05) is 12.2 Å². The van der Waals surface area contributed by atoms with E-state index >= 15 is 0 Å². The molecule has 10 heteroatoms. The zero-order chi connectivity index (χ0) is 19.2. The van der Waals surface area contributed by atoms with Crippen LogP contribution >= 0.6 is 0 Å². The van der Waals surface area contributed by atoms with Crippen LogP contribution < -0.4 is 0 Å². The van der Waals surface area contributed by atoms with Crippen molar-refractivity contribution in [3.05, 3.63) is 72.8 Å². The van der Waals surface area contributed by atoms with E-state index in [4.69, 9.17) is 0 Å². The van der Waals surface area contributed by atoms with Crippen LogP contribution in [0.5, 0.6) is 0 Å². The Hall–Kier alpha value is -2.98. The van der Waals surface area contributed by atoms with Crippen molar-refractivity contribution >= 4 is 32.2 Å². The van der Waals surface area contributed by atoms with Gasteiger partial charge in [-0.3, -0.25) is 0 Å². The minimum absolute atomic E-state index is 0.254. The quantitative estimate of drug-likeness (QED) is 0.531. The average Bonchev–Trinajstić information content (AvgIpc) is 2.61. The van der Waals surface area contributed by atoms with Crippen molar-refractivity contribution in [3.8, 4) is 0 Å². The first kappa shape index (κ1) is 19.3. The van der Waals surface area contributed by atoms with Crippen LogP contribution in [-0.4, -0.2) is 28.8 Å². The predicted molar refractivity (Wildman–Crippen MR) is 88.6 cm³/mol. The highest BCUT2D eigenvalue weighted by molar-refractivity contribution is 7.87. The van der Waals surface area contributed by atoms with Gasteiger partial charge in [-0.25, -0.2) is 9.59 Å². The number of rotatable bonds is 6. The number of benzene rings is 2. The number of carbonyl (C=O) groups excluding carboxylic acids is 2. The monoisotopic (exact) mass is 396 g/mol. The van der Waals surface area contributed by atoms with Crippen LogP contribution in [0.2, 0.25) is 0 Å². The second-order valence-electron chi connectivity index (χ2n) is 4.67. The van der Waals surface area contributed by atoms with Gasteiger partial charge in [0.2, 0.25) is 0 Å². The molecule has 2 aromatic carbocycles. The third-order valence-electron chi connectivity index (χ3n) is 2.80. The first-order chi connectivity index (χ1) is 12.2. The van der Waals surface area contributed by atoms with E-state index in [1.54, 1.807) is 12.1 Å². The fourth-order valence-corrected chi connectivity index (χ4v) is 3.40. The van der Waals surface area contributed by atoms with Crippen LogP contribution in [0.15, 0.2) is 82.6 Å². The summed E-state index contributed by atoms with van der Waals surface area (Å²) in [5, 5.41) is 0. The van der Waals surface area contributed by atoms with Crippen molar-refractivity contribution < 1.29 is 34.8 Å². The summed E-state index contributed by atoms with van der Waals surface area (Å²) < 4.78 is 55.8. The summed E-state index contributed by atoms with van der Waals surface area (Å²) in [5.74, 6) is -2.77. The Labute approximate surface area is 149 Å². The van der Waals surface area contributed by atoms with Crippen molar-refractivity contribution in [2.75, 3.05) is 0 Å². The predicted octanol–water partition coefficient (Wildman–Crippen LogP) is 1.41. The minimum atomic E-state index is -4.36. The molecule has 8 nitrogen and oxygen atoms in total. The first-order valence-electron chi connectivity index (χ1n) is 6.96. The Kier molecular flexibility index (Phi) is 5.90. The largest absolute Gasteiger partial charge is 0.347 e. The molecule has 136 valence electrons. The maximum Gasteiger partial charge on any atom is 0.347 e. The Morgan fingerprint density at radius 3 is 1.23 bits per heavy atom. The first-order valence-corrected chi connectivity index (χ1v) is 9.77. The van der Waals surface area contributed by atoms with Crippen LogP contribution in [-0.2, 0) is 38.2 Å². The summed E-state index contributed by atoms with van der Waals surface area (Å²) in [5.41, 5.74) is 0. The third kappa shape index (κ3) is 5.26. The van der Waals surface area contributed by atoms with E-state index in [0.717, 1.165) is 0 Å². The number of carbonyl (C=O) groups is 2. The van der Waals surface area contributed by atoms with E-state index in [-0.39, 0.29) is 9.79 Å². The van der Waals surface area contributed by atoms with E-state index in [0.29, 0.717) is 12.2 Å². The third-order valence-corrected chi connectivity index (χ3v) is 5.27. The number of hydrogen-bond donors (Lipinski definition) is 0. The smallest absolute Gasteiger partial charge is 0.338 e. The molecule has 26 heavy (non-hydrogen) atoms. The fourth-order valence-electron chi connectivity index (χ4n) is 1.68. The van der Waals surface area contributed by atoms with Gasteiger partial charge >= 0.3 is 32.2 Å². The van der Waals surface area contributed by atoms with Crippen molar-refractivity contribution in [2.24, 2.45) is 0 Å². The summed E-state index contributed by atoms with van der Waals surface area (Å²) >= 11 is 0. The lowest BCUT2D eigenvalue weighted by atomic mass is 10.4. The Bertz CT molecular complexity index is 939. The second-order valence-corrected chi connectivity index (χ2v) is 7.77. The summed E-state index contributed by atoms with van der Waals surface area (Å²) in [7, 11) is -8.71. The summed E-state index contributed by atoms with van der Waals surface area (Å²) in [4.78, 5) is 22.5. The van der Waals surface area contributed by atoms with Gasteiger partial charge in [0.05, 0.1) is 0 Å². The van der Waals surface area contributed by atoms with E-state index in [1.165, 1.54) is 48.5 Å². The molecule has 0 unspecified atom stereocenters. The lowest BCUT2D eigenvalue weighted by molar-refractivity contribution is -0.131. The zero-order valence-corrected chi connectivity index (χ0v) is 14.6. The second kappa shape index (κ2) is 7.93. The molecule has 2 aromatic rings. The van der Waals surface area contributed by atoms with Crippen LogP contribution in [0.1, 0.15) is 0 Å². The van der Waals surface area contributed by atoms with E-state index in [2.05, 4.69) is 8.37 Å². The van der Waals surface area contributed by atoms with Gasteiger partial charge in [0.15, 0.2) is 0 Å². The molecule has 0 bridgehead atoms. The highest BCUT2D eigenvalue weighted by Crippen LogP contribution is 2.13. The van der Waals surface area contributed by atoms with Gasteiger partial charge < -0.3 is 8.37 Å². The molecule has 0 fully saturated rings. The van der Waals surface area contributed by atoms with E-state index < -0.39 is 32.2 Å². The van der Waals surface area contributed by atoms with Gasteiger partial charge in [-0.1, -0.05) is 36.4 Å². The van der Waals surface area contributed by atoms with Crippen molar-refractivity contribution in [1.82, 2.24) is 0 Å². The van der Waals surface area contributed by atoms with Gasteiger partial charge in [-0.15, -0.1) is 0 Å². The van der Waals surface area contributed by atoms with Gasteiger partial charge in [0.25, 0.3) is 0 Å². The van der Waals surface area contributed by atoms with Crippen LogP contribution in [0.4, 0.5) is 0 Å². The van der Waals surface area contributed by atoms with Crippen LogP contribution in [0.3, 0.4) is 0 Å². The maximum atomic E-state index is 11.8. The van der Waals surface area contributed by atoms with Gasteiger partial charge in [-0.05, 0) is 24.3 Å². The molecule has 0 heterocycles. The molecule has 0 N–H and O–H groups in total. The fraction of sp³-hybridized carbons (Fsp3) is 0. The van der Waals surface area contributed by atoms with Crippen LogP contribution in [0, 0.1) is 0 Å². The molecule has 0 aliphatic heterocycles. The molecule has 0 atom stereocenters. The summed E-state index contributed by atoms with van der Waals surface area (Å²) in [6, 6.07) is 13.7. The zero-order valence-electron chi connectivity index (χ0n) is 13.0. The number of hydrogen-bond acceptors (Lipinski definition) is 8. The highest BCUT2D eigenvalue weighted by atomic mass is 32.2. The molecule has 0 radical (unpaired) electrons. The standard InChI is InChI=1S/C16H12O8S2/c17-15(23-25(19,20)13-7-3-1-4-8-13)11-12-16(18)24-26(21,22)14-9-5-2-6-10-14/h1-12H. The average molecular weight is 396 g/mol. The van der Waals surface area contributed by atoms with E-state index in [9.17, 15) is 26.4 Å². The lowest BCUT2D eigenvalue weighted by Crippen LogP contribution is -2.13. The molecule has 0 aliphatic rings. The molecule has 0 saturated heterocycles. The Morgan fingerprint density at radius 2 is 0.923 bits per heavy atom. The Morgan fingerprint density at radius 1 is 0.615 bits per heavy atom. The SMILES string of the molecule is O=C(C=CC(=O)OS(=O)(=O)c1ccccc1)OS(=O)(=O)c1ccccc1. The summed E-state index contributed by atoms with van der Waals surface area (Å²) in [6.07, 6.45) is 0.896. The molecule has 0 aromatic heterocycles. The van der Waals surface area contributed by atoms with Crippen molar-refractivity contribution in [1.29, 1.82) is 0 Å². The molecule has 0 aliphatic carbocycles. The summed E-state index contributed by atoms with van der Waals surface area (Å²) in [6.45, 7) is 0. The minimum Gasteiger partial charge on any atom is -0.338 e. The van der Waals surface area contributed by atoms with Gasteiger partial charge in [-0.2, -0.15) is 16.8 Å². The van der Waals surface area contributed by atoms with Crippen molar-refractivity contribution in [2.45, 2.75) is 9.79 Å². The highest BCUT2D eigenvalue weighted by Gasteiger charge is 2.20. The van der Waals surface area contributed by atoms with E-state index in [1.807, 2.05) is 0 Å². The maximum absolute atomic E-state index is 11.8. The lowest BCUT2D eigenvalue weighted by Gasteiger charge is -2.03. The molecule has 0 spiro atoms. The van der Waals surface area contributed by atoms with Gasteiger partial charge in [0.1, 0.15) is 9.79 Å². The topological polar surface area (TPSA) is 121 Å². The van der Waals surface area contributed by atoms with Crippen LogP contribution in [0.25, 0.3) is 0 Å². The Balaban J connectivity index is 2.01. The normalized spacial score (nSPS) is 11.8. The van der Waals surface area contributed by atoms with Crippen molar-refractivity contribution in [3.63, 3.8) is 0 Å². The molecule has 2 rings (SSSR count).